The van der Waals surface area contributed by atoms with Crippen LogP contribution in [0.3, 0.4) is 0 Å². The number of aromatic nitrogens is 1. The molecule has 0 saturated heterocycles. The minimum atomic E-state index is -4.57. The number of benzene rings is 4. The van der Waals surface area contributed by atoms with E-state index in [0.717, 1.165) is 17.2 Å². The molecule has 1 aromatic heterocycles. The van der Waals surface area contributed by atoms with Crippen LogP contribution in [-0.2, 0) is 12.8 Å². The quantitative estimate of drug-likeness (QED) is 0.146. The van der Waals surface area contributed by atoms with Crippen molar-refractivity contribution >= 4 is 32.5 Å². The Hall–Kier alpha value is -4.24. The van der Waals surface area contributed by atoms with Gasteiger partial charge in [0.2, 0.25) is 0 Å². The third-order valence-electron chi connectivity index (χ3n) is 6.40. The van der Waals surface area contributed by atoms with E-state index in [-0.39, 0.29) is 17.8 Å². The predicted molar refractivity (Wildman–Crippen MR) is 147 cm³/mol. The molecule has 0 saturated carbocycles. The Morgan fingerprint density at radius 1 is 0.949 bits per heavy atom. The number of nitrogens with zero attached hydrogens (tertiary/aromatic N) is 2. The second kappa shape index (κ2) is 10.5. The molecule has 0 aliphatic heterocycles. The number of rotatable bonds is 6. The summed E-state index contributed by atoms with van der Waals surface area (Å²) in [5, 5.41) is 11.8. The van der Waals surface area contributed by atoms with Gasteiger partial charge < -0.3 is 4.74 Å². The number of hydrogen-bond acceptors (Lipinski definition) is 4. The minimum absolute atomic E-state index is 0.0625. The van der Waals surface area contributed by atoms with E-state index >= 15 is 0 Å². The van der Waals surface area contributed by atoms with E-state index in [4.69, 9.17) is 4.74 Å². The fraction of sp³-hybridized carbons (Fsp3) is 0.100. The number of pyridine rings is 1. The molecule has 0 radical (unpaired) electrons. The molecule has 39 heavy (non-hydrogen) atoms. The van der Waals surface area contributed by atoms with Crippen molar-refractivity contribution in [2.75, 3.05) is 0 Å². The minimum Gasteiger partial charge on any atom is -0.489 e. The first-order chi connectivity index (χ1) is 18.6. The molecule has 5 aromatic rings. The summed E-state index contributed by atoms with van der Waals surface area (Å²) >= 11 is 3.24. The molecule has 5 rings (SSSR count). The Morgan fingerprint density at radius 2 is 1.72 bits per heavy atom. The van der Waals surface area contributed by atoms with Crippen molar-refractivity contribution < 1.29 is 22.8 Å². The van der Waals surface area contributed by atoms with E-state index in [9.17, 15) is 23.3 Å². The number of alkyl halides is 3. The van der Waals surface area contributed by atoms with Crippen LogP contribution in [0.15, 0.2) is 95.6 Å². The standard InChI is InChI=1S/C30H20BrF3N2O3/c1-18-6-2-3-9-23(18)25-16-35-29-24(10-5-11-26(29)30(32,33)34)28(25)19-7-4-8-22(14-19)39-17-20-12-13-21(31)15-27(20)36(37)38/h2-16H,17H2,1H3. The lowest BCUT2D eigenvalue weighted by Crippen LogP contribution is -2.07. The van der Waals surface area contributed by atoms with Gasteiger partial charge in [-0.1, -0.05) is 64.5 Å². The maximum atomic E-state index is 13.9. The summed E-state index contributed by atoms with van der Waals surface area (Å²) in [6.07, 6.45) is -3.09. The molecule has 0 spiro atoms. The van der Waals surface area contributed by atoms with Gasteiger partial charge in [0.1, 0.15) is 12.4 Å². The molecule has 0 unspecified atom stereocenters. The molecule has 0 aliphatic carbocycles. The lowest BCUT2D eigenvalue weighted by molar-refractivity contribution is -0.385. The van der Waals surface area contributed by atoms with E-state index in [1.165, 1.54) is 18.3 Å². The second-order valence-electron chi connectivity index (χ2n) is 8.91. The Balaban J connectivity index is 1.65. The van der Waals surface area contributed by atoms with Crippen molar-refractivity contribution in [2.24, 2.45) is 0 Å². The Morgan fingerprint density at radius 3 is 2.46 bits per heavy atom. The molecule has 0 atom stereocenters. The topological polar surface area (TPSA) is 65.3 Å². The van der Waals surface area contributed by atoms with E-state index in [2.05, 4.69) is 20.9 Å². The summed E-state index contributed by atoms with van der Waals surface area (Å²) in [7, 11) is 0. The van der Waals surface area contributed by atoms with Crippen LogP contribution in [0.1, 0.15) is 16.7 Å². The SMILES string of the molecule is Cc1ccccc1-c1cnc2c(C(F)(F)F)cccc2c1-c1cccc(OCc2ccc(Br)cc2[N+](=O)[O-])c1. The molecule has 196 valence electrons. The summed E-state index contributed by atoms with van der Waals surface area (Å²) < 4.78 is 48.1. The highest BCUT2D eigenvalue weighted by molar-refractivity contribution is 9.10. The first-order valence-electron chi connectivity index (χ1n) is 11.8. The molecule has 0 aliphatic rings. The molecule has 0 fully saturated rings. The zero-order chi connectivity index (χ0) is 27.7. The normalized spacial score (nSPS) is 11.5. The summed E-state index contributed by atoms with van der Waals surface area (Å²) in [4.78, 5) is 15.3. The smallest absolute Gasteiger partial charge is 0.418 e. The van der Waals surface area contributed by atoms with Gasteiger partial charge in [-0.25, -0.2) is 0 Å². The van der Waals surface area contributed by atoms with Crippen molar-refractivity contribution in [3.63, 3.8) is 0 Å². The molecule has 0 N–H and O–H groups in total. The number of halogens is 4. The number of fused-ring (bicyclic) bond motifs is 1. The summed E-state index contributed by atoms with van der Waals surface area (Å²) in [5.74, 6) is 0.414. The van der Waals surface area contributed by atoms with E-state index in [1.54, 1.807) is 42.5 Å². The average molecular weight is 593 g/mol. The third kappa shape index (κ3) is 5.35. The molecule has 5 nitrogen and oxygen atoms in total. The molecule has 0 amide bonds. The Kier molecular flexibility index (Phi) is 7.10. The monoisotopic (exact) mass is 592 g/mol. The fourth-order valence-corrected chi connectivity index (χ4v) is 4.92. The number of hydrogen-bond donors (Lipinski definition) is 0. The average Bonchev–Trinajstić information content (AvgIpc) is 2.91. The van der Waals surface area contributed by atoms with E-state index in [0.29, 0.717) is 37.9 Å². The van der Waals surface area contributed by atoms with Gasteiger partial charge >= 0.3 is 6.18 Å². The molecule has 0 bridgehead atoms. The van der Waals surface area contributed by atoms with Crippen LogP contribution >= 0.6 is 15.9 Å². The summed E-state index contributed by atoms with van der Waals surface area (Å²) in [6, 6.07) is 23.3. The zero-order valence-electron chi connectivity index (χ0n) is 20.5. The van der Waals surface area contributed by atoms with Crippen LogP contribution in [0.25, 0.3) is 33.2 Å². The van der Waals surface area contributed by atoms with Crippen molar-refractivity contribution in [3.05, 3.63) is 122 Å². The third-order valence-corrected chi connectivity index (χ3v) is 6.89. The van der Waals surface area contributed by atoms with Gasteiger partial charge in [0.25, 0.3) is 5.69 Å². The number of ether oxygens (including phenoxy) is 1. The van der Waals surface area contributed by atoms with Gasteiger partial charge in [-0.15, -0.1) is 0 Å². The van der Waals surface area contributed by atoms with E-state index in [1.807, 2.05) is 31.2 Å². The van der Waals surface area contributed by atoms with E-state index < -0.39 is 16.7 Å². The highest BCUT2D eigenvalue weighted by atomic mass is 79.9. The highest BCUT2D eigenvalue weighted by Gasteiger charge is 2.34. The summed E-state index contributed by atoms with van der Waals surface area (Å²) in [5.41, 5.74) is 3.03. The van der Waals surface area contributed by atoms with Crippen molar-refractivity contribution in [1.82, 2.24) is 4.98 Å². The van der Waals surface area contributed by atoms with Crippen LogP contribution in [0.5, 0.6) is 5.75 Å². The Bertz CT molecular complexity index is 1720. The number of nitro groups is 1. The van der Waals surface area contributed by atoms with Crippen LogP contribution in [0.2, 0.25) is 0 Å². The largest absolute Gasteiger partial charge is 0.489 e. The molecule has 9 heteroatoms. The molecular formula is C30H20BrF3N2O3. The maximum Gasteiger partial charge on any atom is 0.418 e. The van der Waals surface area contributed by atoms with Gasteiger partial charge in [0, 0.05) is 33.2 Å². The van der Waals surface area contributed by atoms with Gasteiger partial charge in [0.05, 0.1) is 21.6 Å². The lowest BCUT2D eigenvalue weighted by atomic mass is 9.90. The van der Waals surface area contributed by atoms with Crippen LogP contribution in [0, 0.1) is 17.0 Å². The first-order valence-corrected chi connectivity index (χ1v) is 12.6. The lowest BCUT2D eigenvalue weighted by Gasteiger charge is -2.18. The summed E-state index contributed by atoms with van der Waals surface area (Å²) in [6.45, 7) is 1.87. The van der Waals surface area contributed by atoms with Gasteiger partial charge in [-0.05, 0) is 53.9 Å². The fourth-order valence-electron chi connectivity index (χ4n) is 4.57. The van der Waals surface area contributed by atoms with Crippen molar-refractivity contribution in [2.45, 2.75) is 19.7 Å². The van der Waals surface area contributed by atoms with Gasteiger partial charge in [-0.2, -0.15) is 13.2 Å². The first kappa shape index (κ1) is 26.4. The number of nitro benzene ring substituents is 1. The molecule has 1 heterocycles. The van der Waals surface area contributed by atoms with Crippen LogP contribution < -0.4 is 4.74 Å². The number of aryl methyl sites for hydroxylation is 1. The van der Waals surface area contributed by atoms with Crippen molar-refractivity contribution in [3.8, 4) is 28.0 Å². The zero-order valence-corrected chi connectivity index (χ0v) is 22.1. The molecule has 4 aromatic carbocycles. The molecular weight excluding hydrogens is 573 g/mol. The van der Waals surface area contributed by atoms with Crippen LogP contribution in [-0.4, -0.2) is 9.91 Å². The van der Waals surface area contributed by atoms with Gasteiger partial charge in [-0.3, -0.25) is 15.1 Å². The van der Waals surface area contributed by atoms with Crippen LogP contribution in [0.4, 0.5) is 18.9 Å². The predicted octanol–water partition coefficient (Wildman–Crippen LogP) is 9.15. The van der Waals surface area contributed by atoms with Gasteiger partial charge in [0.15, 0.2) is 0 Å². The maximum absolute atomic E-state index is 13.9. The second-order valence-corrected chi connectivity index (χ2v) is 9.82. The van der Waals surface area contributed by atoms with Crippen molar-refractivity contribution in [1.29, 1.82) is 0 Å². The number of para-hydroxylation sites is 1. The highest BCUT2D eigenvalue weighted by Crippen LogP contribution is 2.42. The Labute approximate surface area is 230 Å².